The SMILES string of the molecule is CCN1CCN(Cc2ccc3cc(C(=O)O)sc3c2)CC1. The number of carboxylic acid groups (broad SMARTS) is 1. The van der Waals surface area contributed by atoms with Crippen molar-refractivity contribution in [2.45, 2.75) is 13.5 Å². The summed E-state index contributed by atoms with van der Waals surface area (Å²) in [7, 11) is 0. The number of thiophene rings is 1. The first-order valence-corrected chi connectivity index (χ1v) is 8.18. The van der Waals surface area contributed by atoms with Crippen LogP contribution in [0.4, 0.5) is 0 Å². The molecule has 5 heteroatoms. The van der Waals surface area contributed by atoms with Crippen molar-refractivity contribution in [2.75, 3.05) is 32.7 Å². The molecule has 21 heavy (non-hydrogen) atoms. The zero-order chi connectivity index (χ0) is 14.8. The van der Waals surface area contributed by atoms with E-state index >= 15 is 0 Å². The Labute approximate surface area is 128 Å². The second kappa shape index (κ2) is 6.13. The third-order valence-corrected chi connectivity index (χ3v) is 5.20. The zero-order valence-corrected chi connectivity index (χ0v) is 13.0. The van der Waals surface area contributed by atoms with Gasteiger partial charge in [-0.05, 0) is 29.6 Å². The van der Waals surface area contributed by atoms with Crippen LogP contribution in [0.2, 0.25) is 0 Å². The van der Waals surface area contributed by atoms with Gasteiger partial charge in [-0.25, -0.2) is 4.79 Å². The van der Waals surface area contributed by atoms with Crippen LogP contribution in [0, 0.1) is 0 Å². The molecule has 0 saturated carbocycles. The van der Waals surface area contributed by atoms with Gasteiger partial charge in [-0.15, -0.1) is 11.3 Å². The van der Waals surface area contributed by atoms with E-state index in [1.807, 2.05) is 6.07 Å². The average molecular weight is 304 g/mol. The van der Waals surface area contributed by atoms with Crippen molar-refractivity contribution in [2.24, 2.45) is 0 Å². The van der Waals surface area contributed by atoms with Gasteiger partial charge in [0.05, 0.1) is 0 Å². The lowest BCUT2D eigenvalue weighted by molar-refractivity contribution is 0.0702. The molecule has 1 fully saturated rings. The standard InChI is InChI=1S/C16H20N2O2S/c1-2-17-5-7-18(8-6-17)11-12-3-4-13-10-15(16(19)20)21-14(13)9-12/h3-4,9-10H,2,5-8,11H2,1H3,(H,19,20). The summed E-state index contributed by atoms with van der Waals surface area (Å²) < 4.78 is 1.07. The molecule has 1 aliphatic heterocycles. The first-order chi connectivity index (χ1) is 10.2. The third kappa shape index (κ3) is 3.26. The molecule has 1 N–H and O–H groups in total. The molecule has 1 aliphatic rings. The van der Waals surface area contributed by atoms with E-state index in [0.29, 0.717) is 4.88 Å². The predicted molar refractivity (Wildman–Crippen MR) is 86.2 cm³/mol. The summed E-state index contributed by atoms with van der Waals surface area (Å²) in [6.45, 7) is 8.79. The summed E-state index contributed by atoms with van der Waals surface area (Å²) in [6, 6.07) is 8.05. The Morgan fingerprint density at radius 1 is 1.19 bits per heavy atom. The Hall–Kier alpha value is -1.43. The van der Waals surface area contributed by atoms with E-state index in [1.54, 1.807) is 6.07 Å². The lowest BCUT2D eigenvalue weighted by atomic mass is 10.1. The van der Waals surface area contributed by atoms with Crippen molar-refractivity contribution in [3.05, 3.63) is 34.7 Å². The normalized spacial score (nSPS) is 17.4. The van der Waals surface area contributed by atoms with Gasteiger partial charge in [0.15, 0.2) is 0 Å². The fourth-order valence-corrected chi connectivity index (χ4v) is 3.77. The average Bonchev–Trinajstić information content (AvgIpc) is 2.91. The monoisotopic (exact) mass is 304 g/mol. The maximum Gasteiger partial charge on any atom is 0.345 e. The van der Waals surface area contributed by atoms with Crippen LogP contribution in [-0.2, 0) is 6.54 Å². The first-order valence-electron chi connectivity index (χ1n) is 7.36. The second-order valence-electron chi connectivity index (χ2n) is 5.50. The highest BCUT2D eigenvalue weighted by molar-refractivity contribution is 7.20. The highest BCUT2D eigenvalue weighted by atomic mass is 32.1. The third-order valence-electron chi connectivity index (χ3n) is 4.11. The van der Waals surface area contributed by atoms with Crippen LogP contribution in [0.25, 0.3) is 10.1 Å². The Kier molecular flexibility index (Phi) is 4.24. The molecule has 2 heterocycles. The Balaban J connectivity index is 1.71. The number of aromatic carboxylic acids is 1. The van der Waals surface area contributed by atoms with Gasteiger partial charge in [-0.1, -0.05) is 19.1 Å². The highest BCUT2D eigenvalue weighted by Crippen LogP contribution is 2.27. The number of hydrogen-bond acceptors (Lipinski definition) is 4. The smallest absolute Gasteiger partial charge is 0.345 e. The molecule has 0 bridgehead atoms. The highest BCUT2D eigenvalue weighted by Gasteiger charge is 2.16. The lowest BCUT2D eigenvalue weighted by Crippen LogP contribution is -2.45. The Bertz CT molecular complexity index is 645. The summed E-state index contributed by atoms with van der Waals surface area (Å²) in [5, 5.41) is 10.1. The van der Waals surface area contributed by atoms with Gasteiger partial charge < -0.3 is 10.0 Å². The van der Waals surface area contributed by atoms with Gasteiger partial charge in [0.1, 0.15) is 4.88 Å². The van der Waals surface area contributed by atoms with E-state index in [0.717, 1.165) is 49.4 Å². The van der Waals surface area contributed by atoms with Crippen LogP contribution < -0.4 is 0 Å². The van der Waals surface area contributed by atoms with Gasteiger partial charge in [0.2, 0.25) is 0 Å². The summed E-state index contributed by atoms with van der Waals surface area (Å²) in [4.78, 5) is 16.4. The van der Waals surface area contributed by atoms with E-state index in [2.05, 4.69) is 28.9 Å². The van der Waals surface area contributed by atoms with Crippen molar-refractivity contribution in [1.82, 2.24) is 9.80 Å². The number of rotatable bonds is 4. The minimum absolute atomic E-state index is 0.415. The topological polar surface area (TPSA) is 43.8 Å². The number of benzene rings is 1. The van der Waals surface area contributed by atoms with Crippen molar-refractivity contribution in [3.63, 3.8) is 0 Å². The zero-order valence-electron chi connectivity index (χ0n) is 12.2. The number of fused-ring (bicyclic) bond motifs is 1. The first kappa shape index (κ1) is 14.5. The van der Waals surface area contributed by atoms with Crippen molar-refractivity contribution in [3.8, 4) is 0 Å². The molecule has 0 aliphatic carbocycles. The molecule has 3 rings (SSSR count). The van der Waals surface area contributed by atoms with Gasteiger partial charge >= 0.3 is 5.97 Å². The molecule has 4 nitrogen and oxygen atoms in total. The van der Waals surface area contributed by atoms with E-state index < -0.39 is 5.97 Å². The van der Waals surface area contributed by atoms with Crippen molar-refractivity contribution in [1.29, 1.82) is 0 Å². The largest absolute Gasteiger partial charge is 0.477 e. The molecule has 2 aromatic rings. The van der Waals surface area contributed by atoms with E-state index in [-0.39, 0.29) is 0 Å². The van der Waals surface area contributed by atoms with Crippen LogP contribution >= 0.6 is 11.3 Å². The molecule has 1 aromatic heterocycles. The van der Waals surface area contributed by atoms with Crippen LogP contribution in [0.3, 0.4) is 0 Å². The summed E-state index contributed by atoms with van der Waals surface area (Å²) in [6.07, 6.45) is 0. The van der Waals surface area contributed by atoms with Gasteiger partial charge in [-0.2, -0.15) is 0 Å². The van der Waals surface area contributed by atoms with E-state index in [4.69, 9.17) is 5.11 Å². The summed E-state index contributed by atoms with van der Waals surface area (Å²) >= 11 is 1.36. The van der Waals surface area contributed by atoms with Gasteiger partial charge in [0, 0.05) is 37.4 Å². The minimum atomic E-state index is -0.839. The minimum Gasteiger partial charge on any atom is -0.477 e. The number of likely N-dealkylation sites (N-methyl/N-ethyl adjacent to an activating group) is 1. The predicted octanol–water partition coefficient (Wildman–Crippen LogP) is 2.74. The molecular formula is C16H20N2O2S. The second-order valence-corrected chi connectivity index (χ2v) is 6.58. The molecule has 0 spiro atoms. The fourth-order valence-electron chi connectivity index (χ4n) is 2.80. The summed E-state index contributed by atoms with van der Waals surface area (Å²) in [5.41, 5.74) is 1.27. The van der Waals surface area contributed by atoms with Crippen LogP contribution in [0.5, 0.6) is 0 Å². The number of nitrogens with zero attached hydrogens (tertiary/aromatic N) is 2. The molecule has 1 aromatic carbocycles. The van der Waals surface area contributed by atoms with Crippen LogP contribution in [0.1, 0.15) is 22.2 Å². The van der Waals surface area contributed by atoms with Gasteiger partial charge in [-0.3, -0.25) is 4.90 Å². The van der Waals surface area contributed by atoms with Gasteiger partial charge in [0.25, 0.3) is 0 Å². The fraction of sp³-hybridized carbons (Fsp3) is 0.438. The molecule has 0 atom stereocenters. The molecule has 0 radical (unpaired) electrons. The number of carbonyl (C=O) groups is 1. The number of carboxylic acids is 1. The quantitative estimate of drug-likeness (QED) is 0.943. The van der Waals surface area contributed by atoms with Crippen molar-refractivity contribution >= 4 is 27.4 Å². The van der Waals surface area contributed by atoms with Crippen LogP contribution in [-0.4, -0.2) is 53.6 Å². The Morgan fingerprint density at radius 3 is 2.57 bits per heavy atom. The maximum absolute atomic E-state index is 11.0. The van der Waals surface area contributed by atoms with Crippen LogP contribution in [0.15, 0.2) is 24.3 Å². The number of hydrogen-bond donors (Lipinski definition) is 1. The number of piperazine rings is 1. The maximum atomic E-state index is 11.0. The molecule has 0 unspecified atom stereocenters. The van der Waals surface area contributed by atoms with Crippen molar-refractivity contribution < 1.29 is 9.90 Å². The van der Waals surface area contributed by atoms with E-state index in [1.165, 1.54) is 16.9 Å². The van der Waals surface area contributed by atoms with E-state index in [9.17, 15) is 4.79 Å². The molecule has 0 amide bonds. The molecule has 1 saturated heterocycles. The summed E-state index contributed by atoms with van der Waals surface area (Å²) in [5.74, 6) is -0.839. The molecule has 112 valence electrons. The molecular weight excluding hydrogens is 284 g/mol. The Morgan fingerprint density at radius 2 is 1.90 bits per heavy atom. The lowest BCUT2D eigenvalue weighted by Gasteiger charge is -2.34.